The summed E-state index contributed by atoms with van der Waals surface area (Å²) in [6.45, 7) is 0. The predicted octanol–water partition coefficient (Wildman–Crippen LogP) is 5.60. The zero-order valence-electron chi connectivity index (χ0n) is 12.5. The summed E-state index contributed by atoms with van der Waals surface area (Å²) in [5, 5.41) is 14.7. The standard InChI is InChI=1S/C22H14O/c23-21-12-4-9-16-17(8-3-10-18(16)21)20-13-15-7-1-5-14-6-2-11-19(20)22(14)15/h1-13,23H. The normalized spacial score (nSPS) is 12.8. The molecule has 0 aliphatic heterocycles. The Morgan fingerprint density at radius 1 is 0.609 bits per heavy atom. The summed E-state index contributed by atoms with van der Waals surface area (Å²) in [5.74, 6) is 0.332. The Morgan fingerprint density at radius 3 is 2.22 bits per heavy atom. The number of aromatic hydroxyl groups is 1. The van der Waals surface area contributed by atoms with Gasteiger partial charge in [0.25, 0.3) is 0 Å². The summed E-state index contributed by atoms with van der Waals surface area (Å²) in [4.78, 5) is 0. The number of rotatable bonds is 1. The molecule has 1 aliphatic rings. The van der Waals surface area contributed by atoms with Crippen LogP contribution in [0.4, 0.5) is 0 Å². The molecule has 0 unspecified atom stereocenters. The van der Waals surface area contributed by atoms with E-state index in [2.05, 4.69) is 54.6 Å². The van der Waals surface area contributed by atoms with E-state index in [-0.39, 0.29) is 0 Å². The van der Waals surface area contributed by atoms with E-state index in [0.717, 1.165) is 10.8 Å². The third-order valence-corrected chi connectivity index (χ3v) is 4.72. The van der Waals surface area contributed by atoms with E-state index in [1.165, 1.54) is 33.0 Å². The third-order valence-electron chi connectivity index (χ3n) is 4.72. The van der Waals surface area contributed by atoms with E-state index in [1.54, 1.807) is 6.07 Å². The third kappa shape index (κ3) is 1.68. The van der Waals surface area contributed by atoms with Crippen LogP contribution in [0.15, 0.2) is 72.8 Å². The average molecular weight is 294 g/mol. The van der Waals surface area contributed by atoms with Gasteiger partial charge in [-0.3, -0.25) is 0 Å². The zero-order chi connectivity index (χ0) is 15.4. The fraction of sp³-hybridized carbons (Fsp3) is 0. The van der Waals surface area contributed by atoms with Gasteiger partial charge >= 0.3 is 0 Å². The molecule has 1 N–H and O–H groups in total. The van der Waals surface area contributed by atoms with Gasteiger partial charge in [0.15, 0.2) is 0 Å². The fourth-order valence-electron chi connectivity index (χ4n) is 3.70. The van der Waals surface area contributed by atoms with E-state index in [9.17, 15) is 5.11 Å². The van der Waals surface area contributed by atoms with Crippen LogP contribution in [0, 0.1) is 0 Å². The lowest BCUT2D eigenvalue weighted by atomic mass is 9.93. The van der Waals surface area contributed by atoms with E-state index < -0.39 is 0 Å². The maximum atomic E-state index is 10.1. The lowest BCUT2D eigenvalue weighted by Crippen LogP contribution is -1.87. The average Bonchev–Trinajstić information content (AvgIpc) is 2.96. The van der Waals surface area contributed by atoms with Crippen molar-refractivity contribution in [1.82, 2.24) is 0 Å². The molecule has 23 heavy (non-hydrogen) atoms. The monoisotopic (exact) mass is 294 g/mol. The first-order valence-electron chi connectivity index (χ1n) is 7.78. The van der Waals surface area contributed by atoms with Gasteiger partial charge in [0, 0.05) is 5.39 Å². The number of hydrogen-bond acceptors (Lipinski definition) is 1. The number of phenols is 1. The quantitative estimate of drug-likeness (QED) is 0.426. The van der Waals surface area contributed by atoms with Gasteiger partial charge < -0.3 is 5.11 Å². The van der Waals surface area contributed by atoms with E-state index >= 15 is 0 Å². The summed E-state index contributed by atoms with van der Waals surface area (Å²) in [7, 11) is 0. The van der Waals surface area contributed by atoms with Gasteiger partial charge in [-0.15, -0.1) is 0 Å². The molecule has 1 aliphatic carbocycles. The van der Waals surface area contributed by atoms with Crippen LogP contribution in [0.1, 0.15) is 16.7 Å². The molecular weight excluding hydrogens is 280 g/mol. The highest BCUT2D eigenvalue weighted by molar-refractivity contribution is 6.16. The molecule has 0 saturated heterocycles. The van der Waals surface area contributed by atoms with Crippen molar-refractivity contribution in [2.75, 3.05) is 0 Å². The maximum Gasteiger partial charge on any atom is 0.123 e. The Balaban J connectivity index is 1.86. The first-order chi connectivity index (χ1) is 11.3. The van der Waals surface area contributed by atoms with Gasteiger partial charge in [-0.05, 0) is 50.6 Å². The zero-order valence-corrected chi connectivity index (χ0v) is 12.5. The summed E-state index contributed by atoms with van der Waals surface area (Å²) in [6.07, 6.45) is 2.26. The van der Waals surface area contributed by atoms with Crippen molar-refractivity contribution in [3.05, 3.63) is 89.5 Å². The van der Waals surface area contributed by atoms with E-state index in [0.29, 0.717) is 5.75 Å². The van der Waals surface area contributed by atoms with Gasteiger partial charge in [-0.25, -0.2) is 0 Å². The Kier molecular flexibility index (Phi) is 2.42. The number of fused-ring (bicyclic) bond motifs is 1. The van der Waals surface area contributed by atoms with Crippen molar-refractivity contribution in [1.29, 1.82) is 0 Å². The van der Waals surface area contributed by atoms with Crippen LogP contribution >= 0.6 is 0 Å². The van der Waals surface area contributed by atoms with Crippen molar-refractivity contribution < 1.29 is 5.11 Å². The smallest absolute Gasteiger partial charge is 0.123 e. The first-order valence-corrected chi connectivity index (χ1v) is 7.78. The topological polar surface area (TPSA) is 20.2 Å². The second kappa shape index (κ2) is 4.47. The predicted molar refractivity (Wildman–Crippen MR) is 96.5 cm³/mol. The van der Waals surface area contributed by atoms with E-state index in [4.69, 9.17) is 0 Å². The van der Waals surface area contributed by atoms with Gasteiger partial charge in [0.05, 0.1) is 0 Å². The summed E-state index contributed by atoms with van der Waals surface area (Å²) in [6, 6.07) is 24.7. The molecule has 108 valence electrons. The second-order valence-corrected chi connectivity index (χ2v) is 5.99. The molecule has 0 spiro atoms. The highest BCUT2D eigenvalue weighted by atomic mass is 16.3. The fourth-order valence-corrected chi connectivity index (χ4v) is 3.70. The number of hydrogen-bond donors (Lipinski definition) is 1. The molecule has 0 heterocycles. The Morgan fingerprint density at radius 2 is 1.30 bits per heavy atom. The molecule has 1 heteroatoms. The van der Waals surface area contributed by atoms with Gasteiger partial charge in [0.1, 0.15) is 5.75 Å². The summed E-state index contributed by atoms with van der Waals surface area (Å²) < 4.78 is 0. The van der Waals surface area contributed by atoms with Crippen molar-refractivity contribution in [2.45, 2.75) is 0 Å². The molecule has 5 rings (SSSR count). The van der Waals surface area contributed by atoms with Crippen LogP contribution in [0.5, 0.6) is 5.75 Å². The van der Waals surface area contributed by atoms with Gasteiger partial charge in [0.2, 0.25) is 0 Å². The number of phenolic OH excluding ortho intramolecular Hbond substituents is 1. The van der Waals surface area contributed by atoms with Crippen molar-refractivity contribution in [2.24, 2.45) is 0 Å². The minimum atomic E-state index is 0.332. The molecule has 0 bridgehead atoms. The minimum absolute atomic E-state index is 0.332. The summed E-state index contributed by atoms with van der Waals surface area (Å²) >= 11 is 0. The molecular formula is C22H14O. The van der Waals surface area contributed by atoms with E-state index in [1.807, 2.05) is 18.2 Å². The highest BCUT2D eigenvalue weighted by Crippen LogP contribution is 2.42. The Hall–Kier alpha value is -3.06. The molecule has 0 saturated carbocycles. The molecule has 4 aromatic carbocycles. The SMILES string of the molecule is Oc1cccc2c(C3=Cc4cccc5cccc3c45)cccc12. The second-order valence-electron chi connectivity index (χ2n) is 5.99. The molecule has 0 fully saturated rings. The van der Waals surface area contributed by atoms with Crippen LogP contribution in [0.2, 0.25) is 0 Å². The van der Waals surface area contributed by atoms with Crippen LogP contribution in [0.3, 0.4) is 0 Å². The van der Waals surface area contributed by atoms with Crippen LogP contribution in [-0.2, 0) is 0 Å². The van der Waals surface area contributed by atoms with Crippen molar-refractivity contribution in [3.63, 3.8) is 0 Å². The maximum absolute atomic E-state index is 10.1. The van der Waals surface area contributed by atoms with Crippen molar-refractivity contribution in [3.8, 4) is 5.75 Å². The molecule has 4 aromatic rings. The molecule has 0 aromatic heterocycles. The van der Waals surface area contributed by atoms with Crippen LogP contribution in [-0.4, -0.2) is 5.11 Å². The molecule has 0 radical (unpaired) electrons. The van der Waals surface area contributed by atoms with Crippen LogP contribution in [0.25, 0.3) is 33.2 Å². The highest BCUT2D eigenvalue weighted by Gasteiger charge is 2.19. The Labute approximate surface area is 134 Å². The molecule has 0 atom stereocenters. The molecule has 0 amide bonds. The molecule has 1 nitrogen and oxygen atoms in total. The minimum Gasteiger partial charge on any atom is -0.507 e. The lowest BCUT2D eigenvalue weighted by Gasteiger charge is -2.10. The van der Waals surface area contributed by atoms with Gasteiger partial charge in [-0.2, -0.15) is 0 Å². The Bertz CT molecular complexity index is 1110. The number of benzene rings is 4. The van der Waals surface area contributed by atoms with Gasteiger partial charge in [-0.1, -0.05) is 66.7 Å². The largest absolute Gasteiger partial charge is 0.507 e. The lowest BCUT2D eigenvalue weighted by molar-refractivity contribution is 0.481. The van der Waals surface area contributed by atoms with Crippen LogP contribution < -0.4 is 0 Å². The summed E-state index contributed by atoms with van der Waals surface area (Å²) in [5.41, 5.74) is 4.94. The van der Waals surface area contributed by atoms with Crippen molar-refractivity contribution >= 4 is 33.2 Å². The first kappa shape index (κ1) is 12.5.